The molecule has 3 saturated heterocycles. The van der Waals surface area contributed by atoms with E-state index in [-0.39, 0.29) is 17.5 Å². The molecule has 41 heavy (non-hydrogen) atoms. The van der Waals surface area contributed by atoms with Crippen molar-refractivity contribution in [3.63, 3.8) is 0 Å². The lowest BCUT2D eigenvalue weighted by atomic mass is 9.85. The Bertz CT molecular complexity index is 1210. The van der Waals surface area contributed by atoms with Crippen LogP contribution in [0.5, 0.6) is 0 Å². The molecule has 0 aliphatic carbocycles. The summed E-state index contributed by atoms with van der Waals surface area (Å²) in [6, 6.07) is 21.0. The largest absolute Gasteiger partial charge is 0.741 e. The highest BCUT2D eigenvalue weighted by Crippen LogP contribution is 2.47. The van der Waals surface area contributed by atoms with Crippen LogP contribution in [-0.2, 0) is 30.0 Å². The lowest BCUT2D eigenvalue weighted by Crippen LogP contribution is -2.60. The molecule has 3 aliphatic heterocycles. The van der Waals surface area contributed by atoms with Gasteiger partial charge < -0.3 is 18.5 Å². The van der Waals surface area contributed by atoms with Crippen molar-refractivity contribution < 1.29 is 44.9 Å². The lowest BCUT2D eigenvalue weighted by Gasteiger charge is -2.47. The van der Waals surface area contributed by atoms with Crippen molar-refractivity contribution in [1.29, 1.82) is 0 Å². The summed E-state index contributed by atoms with van der Waals surface area (Å²) in [6.07, 6.45) is 9.21. The molecule has 226 valence electrons. The first-order valence-electron chi connectivity index (χ1n) is 13.7. The second-order valence-corrected chi connectivity index (χ2v) is 13.4. The number of benzene rings is 2. The van der Waals surface area contributed by atoms with E-state index in [0.717, 1.165) is 24.0 Å². The van der Waals surface area contributed by atoms with Crippen LogP contribution in [0.1, 0.15) is 56.6 Å². The van der Waals surface area contributed by atoms with Crippen molar-refractivity contribution in [1.82, 2.24) is 0 Å². The number of piperidine rings is 1. The van der Waals surface area contributed by atoms with Gasteiger partial charge in [-0.25, -0.2) is 13.2 Å². The Kier molecular flexibility index (Phi) is 9.80. The fourth-order valence-electron chi connectivity index (χ4n) is 6.77. The molecule has 3 heterocycles. The highest BCUT2D eigenvalue weighted by molar-refractivity contribution is 7.99. The summed E-state index contributed by atoms with van der Waals surface area (Å²) in [7, 11) is -6.09. The van der Waals surface area contributed by atoms with E-state index in [4.69, 9.17) is 22.4 Å². The predicted octanol–water partition coefficient (Wildman–Crippen LogP) is 5.55. The molecule has 1 spiro atoms. The molecular formula is C29H36F3NO6S2. The summed E-state index contributed by atoms with van der Waals surface area (Å²) >= 11 is 1.60. The highest BCUT2D eigenvalue weighted by Gasteiger charge is 2.57. The topological polar surface area (TPSA) is 92.7 Å². The summed E-state index contributed by atoms with van der Waals surface area (Å²) in [6.45, 7) is 4.64. The zero-order chi connectivity index (χ0) is 29.9. The Hall–Kier alpha value is -2.12. The standard InChI is InChI=1S/C28H36NO3S.CHF3O3S/c1-21(33-2)32-28(22-11-5-3-6-12-22,23-13-7-4-8-14-23)27(30)31-26-19-24-15-16-25(20-26)29(24)17-9-10-18-29;2-1(3,4)8(5,6)7/h3-8,11-14,21,24-26H,9-10,15-20H2,1-2H3;(H,5,6,7)/q+1;/p-1. The van der Waals surface area contributed by atoms with E-state index in [9.17, 15) is 18.0 Å². The van der Waals surface area contributed by atoms with Crippen molar-refractivity contribution >= 4 is 27.8 Å². The van der Waals surface area contributed by atoms with Gasteiger partial charge in [0.25, 0.3) is 0 Å². The lowest BCUT2D eigenvalue weighted by molar-refractivity contribution is -0.956. The molecule has 0 aromatic heterocycles. The van der Waals surface area contributed by atoms with Gasteiger partial charge in [-0.3, -0.25) is 0 Å². The normalized spacial score (nSPS) is 24.4. The summed E-state index contributed by atoms with van der Waals surface area (Å²) in [5.41, 5.74) is -5.44. The van der Waals surface area contributed by atoms with Crippen molar-refractivity contribution in [2.45, 2.75) is 80.2 Å². The van der Waals surface area contributed by atoms with Gasteiger partial charge >= 0.3 is 11.5 Å². The SMILES string of the molecule is CSC(C)OC(C(=O)OC1CC2CCC(C1)[N+]21CCCC1)(c1ccccc1)c1ccccc1.O=S(=O)([O-])C(F)(F)F. The first kappa shape index (κ1) is 31.8. The van der Waals surface area contributed by atoms with E-state index >= 15 is 0 Å². The summed E-state index contributed by atoms with van der Waals surface area (Å²) in [5.74, 6) is -0.278. The Labute approximate surface area is 243 Å². The van der Waals surface area contributed by atoms with Gasteiger partial charge in [-0.15, -0.1) is 11.8 Å². The van der Waals surface area contributed by atoms with Gasteiger partial charge in [-0.1, -0.05) is 60.7 Å². The van der Waals surface area contributed by atoms with Crippen LogP contribution < -0.4 is 0 Å². The molecule has 0 amide bonds. The molecule has 7 nitrogen and oxygen atoms in total. The minimum absolute atomic E-state index is 0.0284. The number of ether oxygens (including phenoxy) is 2. The van der Waals surface area contributed by atoms with Crippen molar-refractivity contribution in [2.24, 2.45) is 0 Å². The molecule has 3 fully saturated rings. The Morgan fingerprint density at radius 2 is 1.39 bits per heavy atom. The number of quaternary nitrogens is 1. The molecule has 2 aromatic carbocycles. The molecule has 3 atom stereocenters. The van der Waals surface area contributed by atoms with Crippen LogP contribution >= 0.6 is 11.8 Å². The molecular weight excluding hydrogens is 579 g/mol. The van der Waals surface area contributed by atoms with Gasteiger partial charge in [0, 0.05) is 38.5 Å². The number of hydrogen-bond acceptors (Lipinski definition) is 7. The summed E-state index contributed by atoms with van der Waals surface area (Å²) < 4.78 is 73.2. The number of rotatable bonds is 7. The van der Waals surface area contributed by atoms with E-state index in [2.05, 4.69) is 0 Å². The number of halogens is 3. The van der Waals surface area contributed by atoms with Crippen molar-refractivity contribution in [2.75, 3.05) is 19.3 Å². The van der Waals surface area contributed by atoms with Crippen LogP contribution in [0.15, 0.2) is 60.7 Å². The number of carbonyl (C=O) groups excluding carboxylic acids is 1. The van der Waals surface area contributed by atoms with Gasteiger partial charge in [0.2, 0.25) is 5.60 Å². The minimum atomic E-state index is -6.09. The van der Waals surface area contributed by atoms with Crippen LogP contribution in [0.4, 0.5) is 13.2 Å². The highest BCUT2D eigenvalue weighted by atomic mass is 32.2. The van der Waals surface area contributed by atoms with E-state index in [0.29, 0.717) is 12.1 Å². The molecule has 2 bridgehead atoms. The van der Waals surface area contributed by atoms with Crippen LogP contribution in [0.25, 0.3) is 0 Å². The van der Waals surface area contributed by atoms with Gasteiger partial charge in [0.1, 0.15) is 11.5 Å². The maximum absolute atomic E-state index is 14.2. The zero-order valence-electron chi connectivity index (χ0n) is 23.1. The quantitative estimate of drug-likeness (QED) is 0.133. The molecule has 5 rings (SSSR count). The van der Waals surface area contributed by atoms with Crippen LogP contribution in [0, 0.1) is 0 Å². The smallest absolute Gasteiger partial charge is 0.485 e. The second kappa shape index (κ2) is 12.6. The Balaban J connectivity index is 0.000000426. The molecule has 3 unspecified atom stereocenters. The van der Waals surface area contributed by atoms with Crippen molar-refractivity contribution in [3.8, 4) is 0 Å². The van der Waals surface area contributed by atoms with Crippen LogP contribution in [0.3, 0.4) is 0 Å². The minimum Gasteiger partial charge on any atom is -0.741 e. The first-order chi connectivity index (χ1) is 19.3. The average Bonchev–Trinajstić information content (AvgIpc) is 3.48. The summed E-state index contributed by atoms with van der Waals surface area (Å²) in [4.78, 5) is 14.2. The number of thioether (sulfide) groups is 1. The van der Waals surface area contributed by atoms with Crippen LogP contribution in [0.2, 0.25) is 0 Å². The molecule has 12 heteroatoms. The molecule has 0 saturated carbocycles. The molecule has 2 aromatic rings. The van der Waals surface area contributed by atoms with Gasteiger partial charge in [0.05, 0.1) is 25.2 Å². The molecule has 0 radical (unpaired) electrons. The number of esters is 1. The van der Waals surface area contributed by atoms with Gasteiger partial charge in [-0.2, -0.15) is 13.2 Å². The van der Waals surface area contributed by atoms with E-state index in [1.54, 1.807) is 11.8 Å². The maximum atomic E-state index is 14.2. The predicted molar refractivity (Wildman–Crippen MR) is 149 cm³/mol. The third-order valence-electron chi connectivity index (χ3n) is 8.64. The second-order valence-electron chi connectivity index (χ2n) is 10.9. The van der Waals surface area contributed by atoms with E-state index in [1.807, 2.05) is 73.8 Å². The number of carbonyl (C=O) groups is 1. The zero-order valence-corrected chi connectivity index (χ0v) is 24.7. The van der Waals surface area contributed by atoms with E-state index in [1.165, 1.54) is 43.3 Å². The third kappa shape index (κ3) is 6.61. The number of alkyl halides is 3. The maximum Gasteiger partial charge on any atom is 0.485 e. The third-order valence-corrected chi connectivity index (χ3v) is 9.96. The fourth-order valence-corrected chi connectivity index (χ4v) is 7.01. The van der Waals surface area contributed by atoms with Gasteiger partial charge in [-0.05, 0) is 24.3 Å². The van der Waals surface area contributed by atoms with Crippen LogP contribution in [-0.4, -0.2) is 71.9 Å². The monoisotopic (exact) mass is 615 g/mol. The van der Waals surface area contributed by atoms with Gasteiger partial charge in [0.15, 0.2) is 10.1 Å². The summed E-state index contributed by atoms with van der Waals surface area (Å²) in [5, 5.41) is 0. The molecule has 3 aliphatic rings. The Morgan fingerprint density at radius 1 is 0.951 bits per heavy atom. The molecule has 0 N–H and O–H groups in total. The number of hydrogen-bond donors (Lipinski definition) is 0. The first-order valence-corrected chi connectivity index (χ1v) is 16.4. The fraction of sp³-hybridized carbons (Fsp3) is 0.552. The van der Waals surface area contributed by atoms with E-state index < -0.39 is 21.2 Å². The Morgan fingerprint density at radius 3 is 1.78 bits per heavy atom. The number of nitrogens with zero attached hydrogens (tertiary/aromatic N) is 1. The average molecular weight is 616 g/mol. The van der Waals surface area contributed by atoms with Crippen molar-refractivity contribution in [3.05, 3.63) is 71.8 Å².